The maximum Gasteiger partial charge on any atom is 0.337 e. The molecule has 0 spiro atoms. The lowest BCUT2D eigenvalue weighted by molar-refractivity contribution is -0.160. The van der Waals surface area contributed by atoms with Crippen LogP contribution in [-0.2, 0) is 19.0 Å². The summed E-state index contributed by atoms with van der Waals surface area (Å²) in [5.41, 5.74) is 2.38. The van der Waals surface area contributed by atoms with E-state index >= 15 is 0 Å². The molecular formula is C21H22O5. The van der Waals surface area contributed by atoms with Crippen LogP contribution in [0.1, 0.15) is 53.5 Å². The Morgan fingerprint density at radius 1 is 0.962 bits per heavy atom. The highest BCUT2D eigenvalue weighted by molar-refractivity contribution is 5.89. The molecule has 5 heteroatoms. The second-order valence-corrected chi connectivity index (χ2v) is 6.34. The van der Waals surface area contributed by atoms with Gasteiger partial charge < -0.3 is 14.2 Å². The highest BCUT2D eigenvalue weighted by Crippen LogP contribution is 2.40. The Bertz CT molecular complexity index is 771. The van der Waals surface area contributed by atoms with Crippen LogP contribution < -0.4 is 0 Å². The van der Waals surface area contributed by atoms with Crippen molar-refractivity contribution in [3.05, 3.63) is 71.3 Å². The summed E-state index contributed by atoms with van der Waals surface area (Å²) < 4.78 is 16.6. The first kappa shape index (κ1) is 18.1. The normalized spacial score (nSPS) is 22.5. The smallest absolute Gasteiger partial charge is 0.337 e. The van der Waals surface area contributed by atoms with Crippen LogP contribution in [0.3, 0.4) is 0 Å². The highest BCUT2D eigenvalue weighted by atomic mass is 16.6. The lowest BCUT2D eigenvalue weighted by Gasteiger charge is -2.35. The minimum atomic E-state index is -0.390. The zero-order valence-electron chi connectivity index (χ0n) is 14.9. The zero-order chi connectivity index (χ0) is 18.5. The van der Waals surface area contributed by atoms with Crippen molar-refractivity contribution in [3.8, 4) is 0 Å². The van der Waals surface area contributed by atoms with Gasteiger partial charge in [0.05, 0.1) is 24.9 Å². The zero-order valence-corrected chi connectivity index (χ0v) is 14.9. The van der Waals surface area contributed by atoms with E-state index in [0.717, 1.165) is 11.1 Å². The molecule has 0 unspecified atom stereocenters. The minimum Gasteiger partial charge on any atom is -0.465 e. The fourth-order valence-electron chi connectivity index (χ4n) is 3.29. The predicted octanol–water partition coefficient (Wildman–Crippen LogP) is 4.00. The summed E-state index contributed by atoms with van der Waals surface area (Å²) in [5.74, 6) is -0.690. The number of benzene rings is 2. The molecule has 0 bridgehead atoms. The summed E-state index contributed by atoms with van der Waals surface area (Å²) in [6.45, 7) is 1.42. The largest absolute Gasteiger partial charge is 0.465 e. The number of carbonyl (C=O) groups excluding carboxylic acids is 2. The van der Waals surface area contributed by atoms with Crippen molar-refractivity contribution in [3.63, 3.8) is 0 Å². The maximum atomic E-state index is 11.8. The van der Waals surface area contributed by atoms with Crippen LogP contribution in [0.4, 0.5) is 0 Å². The monoisotopic (exact) mass is 354 g/mol. The Morgan fingerprint density at radius 2 is 1.62 bits per heavy atom. The van der Waals surface area contributed by atoms with Crippen LogP contribution in [-0.4, -0.2) is 25.2 Å². The van der Waals surface area contributed by atoms with Gasteiger partial charge in [-0.1, -0.05) is 42.5 Å². The molecule has 136 valence electrons. The van der Waals surface area contributed by atoms with Crippen LogP contribution in [0.15, 0.2) is 54.6 Å². The van der Waals surface area contributed by atoms with Gasteiger partial charge >= 0.3 is 11.9 Å². The quantitative estimate of drug-likeness (QED) is 0.777. The Morgan fingerprint density at radius 3 is 2.27 bits per heavy atom. The van der Waals surface area contributed by atoms with Crippen LogP contribution in [0.5, 0.6) is 0 Å². The topological polar surface area (TPSA) is 61.8 Å². The Balaban J connectivity index is 1.87. The molecule has 1 fully saturated rings. The van der Waals surface area contributed by atoms with Gasteiger partial charge in [-0.05, 0) is 23.3 Å². The molecule has 0 radical (unpaired) electrons. The SMILES string of the molecule is COC(=O)c1cccc([C@@H]2C[C@H](OC(C)=O)C[C@@H](c3ccccc3)O2)c1. The van der Waals surface area contributed by atoms with Crippen molar-refractivity contribution in [1.82, 2.24) is 0 Å². The molecule has 0 aliphatic carbocycles. The number of hydrogen-bond donors (Lipinski definition) is 0. The van der Waals surface area contributed by atoms with E-state index in [1.165, 1.54) is 14.0 Å². The molecule has 0 N–H and O–H groups in total. The molecule has 0 aromatic heterocycles. The van der Waals surface area contributed by atoms with Crippen molar-refractivity contribution in [2.45, 2.75) is 38.1 Å². The van der Waals surface area contributed by atoms with Gasteiger partial charge in [0, 0.05) is 19.8 Å². The van der Waals surface area contributed by atoms with E-state index in [4.69, 9.17) is 14.2 Å². The van der Waals surface area contributed by atoms with Gasteiger partial charge in [0.1, 0.15) is 6.10 Å². The lowest BCUT2D eigenvalue weighted by atomic mass is 9.92. The number of esters is 2. The summed E-state index contributed by atoms with van der Waals surface area (Å²) in [6.07, 6.45) is 0.465. The van der Waals surface area contributed by atoms with Gasteiger partial charge in [-0.15, -0.1) is 0 Å². The molecule has 1 saturated heterocycles. The molecule has 1 aliphatic rings. The van der Waals surface area contributed by atoms with Crippen LogP contribution in [0.2, 0.25) is 0 Å². The molecule has 5 nitrogen and oxygen atoms in total. The fourth-order valence-corrected chi connectivity index (χ4v) is 3.29. The molecule has 0 saturated carbocycles. The molecule has 2 aromatic carbocycles. The standard InChI is InChI=1S/C21H22O5/c1-14(22)25-18-12-19(15-7-4-3-5-8-15)26-20(13-18)16-9-6-10-17(11-16)21(23)24-2/h3-11,18-20H,12-13H2,1-2H3/t18-,19+,20+/m1/s1. The van der Waals surface area contributed by atoms with E-state index in [2.05, 4.69) is 0 Å². The third-order valence-electron chi connectivity index (χ3n) is 4.47. The van der Waals surface area contributed by atoms with E-state index in [1.54, 1.807) is 18.2 Å². The Labute approximate surface area is 152 Å². The first-order valence-electron chi connectivity index (χ1n) is 8.62. The van der Waals surface area contributed by atoms with Gasteiger partial charge in [0.15, 0.2) is 0 Å². The number of carbonyl (C=O) groups is 2. The molecular weight excluding hydrogens is 332 g/mol. The van der Waals surface area contributed by atoms with E-state index < -0.39 is 0 Å². The van der Waals surface area contributed by atoms with Gasteiger partial charge in [0.2, 0.25) is 0 Å². The third-order valence-corrected chi connectivity index (χ3v) is 4.47. The van der Waals surface area contributed by atoms with Gasteiger partial charge in [-0.3, -0.25) is 4.79 Å². The molecule has 1 aliphatic heterocycles. The van der Waals surface area contributed by atoms with Crippen molar-refractivity contribution in [1.29, 1.82) is 0 Å². The van der Waals surface area contributed by atoms with Crippen molar-refractivity contribution < 1.29 is 23.8 Å². The average Bonchev–Trinajstić information content (AvgIpc) is 2.67. The summed E-state index contributed by atoms with van der Waals surface area (Å²) in [4.78, 5) is 23.3. The molecule has 26 heavy (non-hydrogen) atoms. The number of rotatable bonds is 4. The minimum absolute atomic E-state index is 0.180. The van der Waals surface area contributed by atoms with Gasteiger partial charge in [0.25, 0.3) is 0 Å². The molecule has 2 aromatic rings. The van der Waals surface area contributed by atoms with Gasteiger partial charge in [-0.25, -0.2) is 4.79 Å². The molecule has 3 atom stereocenters. The van der Waals surface area contributed by atoms with Crippen molar-refractivity contribution in [2.24, 2.45) is 0 Å². The fraction of sp³-hybridized carbons (Fsp3) is 0.333. The van der Waals surface area contributed by atoms with E-state index in [9.17, 15) is 9.59 Å². The van der Waals surface area contributed by atoms with Crippen LogP contribution in [0.25, 0.3) is 0 Å². The van der Waals surface area contributed by atoms with Gasteiger partial charge in [-0.2, -0.15) is 0 Å². The van der Waals surface area contributed by atoms with Crippen LogP contribution in [0, 0.1) is 0 Å². The van der Waals surface area contributed by atoms with Crippen LogP contribution >= 0.6 is 0 Å². The van der Waals surface area contributed by atoms with E-state index in [-0.39, 0.29) is 30.3 Å². The Hall–Kier alpha value is -2.66. The second-order valence-electron chi connectivity index (χ2n) is 6.34. The molecule has 1 heterocycles. The lowest BCUT2D eigenvalue weighted by Crippen LogP contribution is -2.30. The maximum absolute atomic E-state index is 11.8. The molecule has 0 amide bonds. The number of ether oxygens (including phenoxy) is 3. The second kappa shape index (κ2) is 8.15. The number of methoxy groups -OCH3 is 1. The van der Waals surface area contributed by atoms with Crippen molar-refractivity contribution in [2.75, 3.05) is 7.11 Å². The summed E-state index contributed by atoms with van der Waals surface area (Å²) >= 11 is 0. The van der Waals surface area contributed by atoms with Crippen molar-refractivity contribution >= 4 is 11.9 Å². The Kier molecular flexibility index (Phi) is 5.68. The summed E-state index contributed by atoms with van der Waals surface area (Å²) in [7, 11) is 1.36. The molecule has 3 rings (SSSR count). The van der Waals surface area contributed by atoms with E-state index in [0.29, 0.717) is 18.4 Å². The first-order chi connectivity index (χ1) is 12.6. The third kappa shape index (κ3) is 4.29. The summed E-state index contributed by atoms with van der Waals surface area (Å²) in [5, 5.41) is 0. The number of hydrogen-bond acceptors (Lipinski definition) is 5. The predicted molar refractivity (Wildman–Crippen MR) is 95.6 cm³/mol. The first-order valence-corrected chi connectivity index (χ1v) is 8.62. The van der Waals surface area contributed by atoms with E-state index in [1.807, 2.05) is 36.4 Å². The average molecular weight is 354 g/mol. The highest BCUT2D eigenvalue weighted by Gasteiger charge is 2.33. The summed E-state index contributed by atoms with van der Waals surface area (Å²) in [6, 6.07) is 17.1.